The molecule has 0 saturated heterocycles. The summed E-state index contributed by atoms with van der Waals surface area (Å²) in [4.78, 5) is 11.7. The minimum atomic E-state index is -1.38. The van der Waals surface area contributed by atoms with Crippen molar-refractivity contribution in [3.63, 3.8) is 0 Å². The Morgan fingerprint density at radius 3 is 2.74 bits per heavy atom. The fourth-order valence-electron chi connectivity index (χ4n) is 1.74. The van der Waals surface area contributed by atoms with Crippen LogP contribution in [0.4, 0.5) is 5.82 Å². The van der Waals surface area contributed by atoms with Crippen LogP contribution in [0.25, 0.3) is 11.2 Å². The van der Waals surface area contributed by atoms with Crippen LogP contribution >= 0.6 is 0 Å². The van der Waals surface area contributed by atoms with Gasteiger partial charge >= 0.3 is 0 Å². The number of aromatic nitrogens is 4. The predicted molar refractivity (Wildman–Crippen MR) is 64.9 cm³/mol. The van der Waals surface area contributed by atoms with Crippen molar-refractivity contribution < 1.29 is 20.1 Å². The van der Waals surface area contributed by atoms with Crippen molar-refractivity contribution in [1.82, 2.24) is 19.5 Å². The number of hydrogen-bond donors (Lipinski definition) is 4. The van der Waals surface area contributed by atoms with E-state index >= 15 is 0 Å². The highest BCUT2D eigenvalue weighted by atomic mass is 16.5. The molecule has 3 atom stereocenters. The van der Waals surface area contributed by atoms with Gasteiger partial charge < -0.3 is 25.8 Å². The number of fused-ring (bicyclic) bond motifs is 1. The van der Waals surface area contributed by atoms with Crippen molar-refractivity contribution in [2.24, 2.45) is 0 Å². The number of nitrogens with two attached hydrogens (primary N) is 1. The molecule has 9 nitrogen and oxygen atoms in total. The van der Waals surface area contributed by atoms with Gasteiger partial charge in [-0.25, -0.2) is 15.0 Å². The first kappa shape index (κ1) is 13.6. The Hall–Kier alpha value is -1.81. The van der Waals surface area contributed by atoms with Crippen LogP contribution in [0.3, 0.4) is 0 Å². The van der Waals surface area contributed by atoms with E-state index in [1.54, 1.807) is 0 Å². The summed E-state index contributed by atoms with van der Waals surface area (Å²) in [5.41, 5.74) is 6.23. The lowest BCUT2D eigenvalue weighted by Gasteiger charge is -2.24. The quantitative estimate of drug-likeness (QED) is 0.502. The van der Waals surface area contributed by atoms with Crippen molar-refractivity contribution in [3.8, 4) is 0 Å². The number of nitrogens with zero attached hydrogens (tertiary/aromatic N) is 4. The molecule has 0 aliphatic rings. The van der Waals surface area contributed by atoms with Crippen molar-refractivity contribution in [2.75, 3.05) is 19.5 Å². The largest absolute Gasteiger partial charge is 0.394 e. The Bertz CT molecular complexity index is 556. The van der Waals surface area contributed by atoms with Gasteiger partial charge in [-0.15, -0.1) is 0 Å². The summed E-state index contributed by atoms with van der Waals surface area (Å²) in [5.74, 6) is 0.177. The molecule has 5 N–H and O–H groups in total. The van der Waals surface area contributed by atoms with E-state index < -0.39 is 25.0 Å². The molecule has 0 aromatic carbocycles. The molecule has 19 heavy (non-hydrogen) atoms. The highest BCUT2D eigenvalue weighted by Crippen LogP contribution is 2.21. The number of imidazole rings is 1. The Morgan fingerprint density at radius 2 is 2.11 bits per heavy atom. The molecular formula is C10H15N5O4. The van der Waals surface area contributed by atoms with E-state index in [-0.39, 0.29) is 11.5 Å². The molecule has 0 aliphatic carbocycles. The monoisotopic (exact) mass is 269 g/mol. The van der Waals surface area contributed by atoms with Crippen LogP contribution in [0.1, 0.15) is 6.23 Å². The smallest absolute Gasteiger partial charge is 0.167 e. The molecule has 2 aromatic heterocycles. The van der Waals surface area contributed by atoms with Gasteiger partial charge in [-0.1, -0.05) is 0 Å². The van der Waals surface area contributed by atoms with Crippen molar-refractivity contribution in [2.45, 2.75) is 18.4 Å². The zero-order valence-electron chi connectivity index (χ0n) is 10.2. The van der Waals surface area contributed by atoms with E-state index in [1.807, 2.05) is 0 Å². The van der Waals surface area contributed by atoms with E-state index in [0.29, 0.717) is 5.52 Å². The van der Waals surface area contributed by atoms with Gasteiger partial charge in [0, 0.05) is 7.11 Å². The number of nitrogen functional groups attached to an aromatic ring is 1. The summed E-state index contributed by atoms with van der Waals surface area (Å²) in [6, 6.07) is 0. The molecule has 3 unspecified atom stereocenters. The SMILES string of the molecule is COC(CO)C(O)C(O)n1cnc2c(N)ncnc21. The number of aliphatic hydroxyl groups is 3. The Kier molecular flexibility index (Phi) is 3.90. The van der Waals surface area contributed by atoms with Crippen LogP contribution in [0.15, 0.2) is 12.7 Å². The summed E-state index contributed by atoms with van der Waals surface area (Å²) in [7, 11) is 1.32. The minimum Gasteiger partial charge on any atom is -0.394 e. The summed E-state index contributed by atoms with van der Waals surface area (Å²) >= 11 is 0. The van der Waals surface area contributed by atoms with Crippen LogP contribution in [0, 0.1) is 0 Å². The molecule has 0 spiro atoms. The van der Waals surface area contributed by atoms with Gasteiger partial charge in [0.15, 0.2) is 17.7 Å². The second kappa shape index (κ2) is 5.45. The zero-order chi connectivity index (χ0) is 14.0. The number of methoxy groups -OCH3 is 1. The van der Waals surface area contributed by atoms with Crippen LogP contribution in [0.5, 0.6) is 0 Å². The Morgan fingerprint density at radius 1 is 1.37 bits per heavy atom. The molecule has 104 valence electrons. The molecule has 9 heteroatoms. The van der Waals surface area contributed by atoms with E-state index in [4.69, 9.17) is 15.6 Å². The topological polar surface area (TPSA) is 140 Å². The van der Waals surface area contributed by atoms with Gasteiger partial charge in [0.25, 0.3) is 0 Å². The van der Waals surface area contributed by atoms with Crippen LogP contribution in [-0.4, -0.2) is 60.8 Å². The van der Waals surface area contributed by atoms with Gasteiger partial charge in [0.1, 0.15) is 24.1 Å². The fourth-order valence-corrected chi connectivity index (χ4v) is 1.74. The average molecular weight is 269 g/mol. The van der Waals surface area contributed by atoms with Crippen molar-refractivity contribution in [3.05, 3.63) is 12.7 Å². The lowest BCUT2D eigenvalue weighted by molar-refractivity contribution is -0.116. The first-order chi connectivity index (χ1) is 9.10. The number of rotatable bonds is 5. The van der Waals surface area contributed by atoms with E-state index in [1.165, 1.54) is 24.3 Å². The summed E-state index contributed by atoms with van der Waals surface area (Å²) < 4.78 is 6.10. The van der Waals surface area contributed by atoms with Gasteiger partial charge in [-0.2, -0.15) is 0 Å². The molecule has 0 aliphatic heterocycles. The maximum absolute atomic E-state index is 10.1. The van der Waals surface area contributed by atoms with Crippen LogP contribution in [-0.2, 0) is 4.74 Å². The lowest BCUT2D eigenvalue weighted by atomic mass is 10.2. The highest BCUT2D eigenvalue weighted by Gasteiger charge is 2.28. The molecule has 0 amide bonds. The fraction of sp³-hybridized carbons (Fsp3) is 0.500. The number of aliphatic hydroxyl groups excluding tert-OH is 3. The van der Waals surface area contributed by atoms with Gasteiger partial charge in [0.2, 0.25) is 0 Å². The average Bonchev–Trinajstić information content (AvgIpc) is 2.84. The number of anilines is 1. The minimum absolute atomic E-state index is 0.177. The van der Waals surface area contributed by atoms with Crippen molar-refractivity contribution >= 4 is 17.0 Å². The molecule has 2 aromatic rings. The van der Waals surface area contributed by atoms with Crippen LogP contribution in [0.2, 0.25) is 0 Å². The second-order valence-corrected chi connectivity index (χ2v) is 3.94. The standard InChI is InChI=1S/C10H15N5O4/c1-19-5(2-16)7(17)10(18)15-4-14-6-8(11)12-3-13-9(6)15/h3-5,7,10,16-18H,2H2,1H3,(H2,11,12,13). The third-order valence-corrected chi connectivity index (χ3v) is 2.84. The first-order valence-corrected chi connectivity index (χ1v) is 5.53. The van der Waals surface area contributed by atoms with Gasteiger partial charge in [-0.3, -0.25) is 4.57 Å². The Labute approximate surface area is 108 Å². The molecule has 2 heterocycles. The van der Waals surface area contributed by atoms with Crippen molar-refractivity contribution in [1.29, 1.82) is 0 Å². The third kappa shape index (κ3) is 2.36. The summed E-state index contributed by atoms with van der Waals surface area (Å²) in [6.07, 6.45) is -1.13. The summed E-state index contributed by atoms with van der Waals surface area (Å²) in [5, 5.41) is 29.0. The Balaban J connectivity index is 2.36. The van der Waals surface area contributed by atoms with E-state index in [9.17, 15) is 10.2 Å². The third-order valence-electron chi connectivity index (χ3n) is 2.84. The second-order valence-electron chi connectivity index (χ2n) is 3.94. The predicted octanol–water partition coefficient (Wildman–Crippen LogP) is -1.73. The summed E-state index contributed by atoms with van der Waals surface area (Å²) in [6.45, 7) is -0.432. The molecular weight excluding hydrogens is 254 g/mol. The lowest BCUT2D eigenvalue weighted by Crippen LogP contribution is -2.38. The molecule has 0 radical (unpaired) electrons. The first-order valence-electron chi connectivity index (χ1n) is 5.53. The van der Waals surface area contributed by atoms with E-state index in [2.05, 4.69) is 15.0 Å². The molecule has 0 saturated carbocycles. The highest BCUT2D eigenvalue weighted by molar-refractivity contribution is 5.81. The van der Waals surface area contributed by atoms with E-state index in [0.717, 1.165) is 0 Å². The normalized spacial score (nSPS) is 16.4. The molecule has 0 fully saturated rings. The maximum Gasteiger partial charge on any atom is 0.167 e. The molecule has 0 bridgehead atoms. The van der Waals surface area contributed by atoms with Gasteiger partial charge in [0.05, 0.1) is 12.9 Å². The van der Waals surface area contributed by atoms with Crippen LogP contribution < -0.4 is 5.73 Å². The zero-order valence-corrected chi connectivity index (χ0v) is 10.2. The van der Waals surface area contributed by atoms with Gasteiger partial charge in [-0.05, 0) is 0 Å². The maximum atomic E-state index is 10.1. The molecule has 2 rings (SSSR count). The number of hydrogen-bond acceptors (Lipinski definition) is 8. The number of ether oxygens (including phenoxy) is 1.